The van der Waals surface area contributed by atoms with Gasteiger partial charge in [-0.3, -0.25) is 4.79 Å². The van der Waals surface area contributed by atoms with Gasteiger partial charge in [0, 0.05) is 29.1 Å². The molecule has 10 heteroatoms. The predicted octanol–water partition coefficient (Wildman–Crippen LogP) is 1.77. The molecule has 4 rings (SSSR count). The number of aromatic nitrogens is 3. The fourth-order valence-corrected chi connectivity index (χ4v) is 4.07. The number of hydrogen-bond acceptors (Lipinski definition) is 9. The number of carbonyl (C=O) groups excluding carboxylic acids is 1. The van der Waals surface area contributed by atoms with Crippen molar-refractivity contribution in [2.45, 2.75) is 25.4 Å². The van der Waals surface area contributed by atoms with E-state index in [9.17, 15) is 4.79 Å². The molecule has 1 aromatic carbocycles. The Hall–Kier alpha value is -2.82. The fourth-order valence-electron chi connectivity index (χ4n) is 3.22. The lowest BCUT2D eigenvalue weighted by atomic mass is 10.1. The van der Waals surface area contributed by atoms with Crippen molar-refractivity contribution in [3.63, 3.8) is 0 Å². The molecule has 2 aromatic heterocycles. The lowest BCUT2D eigenvalue weighted by Crippen LogP contribution is -2.48. The standard InChI is InChI=1S/C18H21N7O2S/c1-9-6-11(7-10-3-5-28-15(9)10)21-17-14(16(20)26)24-25-18(23-17)22-13-2-4-27-8-12(13)19/h3,5-7,12-13H,2,4,8,19H2,1H3,(H2,20,26)(H2,21,22,23,25)/t12-,13+/m0/s1. The second-order valence-electron chi connectivity index (χ2n) is 6.73. The van der Waals surface area contributed by atoms with Gasteiger partial charge in [-0.15, -0.1) is 21.5 Å². The van der Waals surface area contributed by atoms with Crippen LogP contribution < -0.4 is 22.1 Å². The number of ether oxygens (including phenoxy) is 1. The van der Waals surface area contributed by atoms with Crippen LogP contribution in [0, 0.1) is 6.92 Å². The number of fused-ring (bicyclic) bond motifs is 1. The molecule has 146 valence electrons. The monoisotopic (exact) mass is 399 g/mol. The van der Waals surface area contributed by atoms with Crippen molar-refractivity contribution in [2.75, 3.05) is 23.8 Å². The molecule has 6 N–H and O–H groups in total. The highest BCUT2D eigenvalue weighted by atomic mass is 32.1. The van der Waals surface area contributed by atoms with Gasteiger partial charge in [0.25, 0.3) is 5.91 Å². The molecular weight excluding hydrogens is 378 g/mol. The number of anilines is 3. The van der Waals surface area contributed by atoms with Gasteiger partial charge in [0.1, 0.15) is 0 Å². The van der Waals surface area contributed by atoms with E-state index in [1.54, 1.807) is 11.3 Å². The minimum atomic E-state index is -0.704. The van der Waals surface area contributed by atoms with Crippen LogP contribution in [-0.2, 0) is 4.74 Å². The van der Waals surface area contributed by atoms with E-state index in [1.165, 1.54) is 4.70 Å². The summed E-state index contributed by atoms with van der Waals surface area (Å²) >= 11 is 1.69. The summed E-state index contributed by atoms with van der Waals surface area (Å²) < 4.78 is 6.57. The first-order valence-electron chi connectivity index (χ1n) is 8.90. The van der Waals surface area contributed by atoms with Gasteiger partial charge in [-0.2, -0.15) is 4.98 Å². The van der Waals surface area contributed by atoms with Gasteiger partial charge in [0.15, 0.2) is 11.5 Å². The van der Waals surface area contributed by atoms with Gasteiger partial charge in [-0.05, 0) is 47.9 Å². The molecule has 0 saturated carbocycles. The maximum Gasteiger partial charge on any atom is 0.273 e. The number of thiophene rings is 1. The molecule has 0 aliphatic carbocycles. The molecule has 1 amide bonds. The van der Waals surface area contributed by atoms with Crippen molar-refractivity contribution < 1.29 is 9.53 Å². The van der Waals surface area contributed by atoms with Crippen LogP contribution in [0.25, 0.3) is 10.1 Å². The average Bonchev–Trinajstić information content (AvgIpc) is 3.13. The summed E-state index contributed by atoms with van der Waals surface area (Å²) in [4.78, 5) is 16.2. The lowest BCUT2D eigenvalue weighted by Gasteiger charge is -2.29. The summed E-state index contributed by atoms with van der Waals surface area (Å²) in [6.45, 7) is 3.12. The average molecular weight is 399 g/mol. The number of hydrogen-bond donors (Lipinski definition) is 4. The Morgan fingerprint density at radius 2 is 2.21 bits per heavy atom. The summed E-state index contributed by atoms with van der Waals surface area (Å²) in [5.74, 6) is -0.173. The first-order valence-corrected chi connectivity index (χ1v) is 9.78. The molecule has 0 bridgehead atoms. The van der Waals surface area contributed by atoms with Crippen LogP contribution in [-0.4, -0.2) is 46.4 Å². The third kappa shape index (κ3) is 3.75. The van der Waals surface area contributed by atoms with Crippen molar-refractivity contribution >= 4 is 44.8 Å². The van der Waals surface area contributed by atoms with Crippen molar-refractivity contribution in [1.82, 2.24) is 15.2 Å². The lowest BCUT2D eigenvalue weighted by molar-refractivity contribution is 0.0751. The van der Waals surface area contributed by atoms with Crippen molar-refractivity contribution in [3.05, 3.63) is 34.8 Å². The van der Waals surface area contributed by atoms with Crippen LogP contribution in [0.15, 0.2) is 23.6 Å². The minimum Gasteiger partial charge on any atom is -0.380 e. The molecule has 9 nitrogen and oxygen atoms in total. The molecule has 1 saturated heterocycles. The first-order chi connectivity index (χ1) is 13.5. The van der Waals surface area contributed by atoms with Gasteiger partial charge in [-0.1, -0.05) is 0 Å². The highest BCUT2D eigenvalue weighted by Crippen LogP contribution is 2.30. The topological polar surface area (TPSA) is 141 Å². The number of rotatable bonds is 5. The summed E-state index contributed by atoms with van der Waals surface area (Å²) in [7, 11) is 0. The summed E-state index contributed by atoms with van der Waals surface area (Å²) in [6, 6.07) is 5.83. The van der Waals surface area contributed by atoms with E-state index < -0.39 is 5.91 Å². The molecular formula is C18H21N7O2S. The number of primary amides is 1. The van der Waals surface area contributed by atoms with E-state index in [-0.39, 0.29) is 29.5 Å². The van der Waals surface area contributed by atoms with E-state index in [2.05, 4.69) is 25.8 Å². The molecule has 0 unspecified atom stereocenters. The van der Waals surface area contributed by atoms with Crippen LogP contribution in [0.4, 0.5) is 17.5 Å². The zero-order chi connectivity index (χ0) is 19.7. The predicted molar refractivity (Wildman–Crippen MR) is 109 cm³/mol. The van der Waals surface area contributed by atoms with Crippen LogP contribution in [0.5, 0.6) is 0 Å². The van der Waals surface area contributed by atoms with E-state index in [0.29, 0.717) is 13.2 Å². The smallest absolute Gasteiger partial charge is 0.273 e. The molecule has 1 fully saturated rings. The minimum absolute atomic E-state index is 0.0232. The molecule has 3 heterocycles. The van der Waals surface area contributed by atoms with Gasteiger partial charge in [-0.25, -0.2) is 0 Å². The second kappa shape index (κ2) is 7.66. The van der Waals surface area contributed by atoms with E-state index >= 15 is 0 Å². The van der Waals surface area contributed by atoms with Crippen LogP contribution in [0.2, 0.25) is 0 Å². The Morgan fingerprint density at radius 3 is 3.00 bits per heavy atom. The quantitative estimate of drug-likeness (QED) is 0.509. The molecule has 3 aromatic rings. The van der Waals surface area contributed by atoms with Gasteiger partial charge in [0.05, 0.1) is 6.61 Å². The number of nitrogens with one attached hydrogen (secondary N) is 2. The fraction of sp³-hybridized carbons (Fsp3) is 0.333. The Labute approximate surface area is 165 Å². The molecule has 1 aliphatic heterocycles. The van der Waals surface area contributed by atoms with Crippen molar-refractivity contribution in [3.8, 4) is 0 Å². The number of aryl methyl sites for hydroxylation is 1. The largest absolute Gasteiger partial charge is 0.380 e. The number of amides is 1. The van der Waals surface area contributed by atoms with E-state index in [1.807, 2.05) is 30.5 Å². The third-order valence-electron chi connectivity index (χ3n) is 4.63. The molecule has 1 aliphatic rings. The van der Waals surface area contributed by atoms with Gasteiger partial charge in [0.2, 0.25) is 5.95 Å². The zero-order valence-corrected chi connectivity index (χ0v) is 16.1. The number of nitrogens with zero attached hydrogens (tertiary/aromatic N) is 3. The first kappa shape index (κ1) is 18.5. The number of benzene rings is 1. The molecule has 2 atom stereocenters. The van der Waals surface area contributed by atoms with E-state index in [0.717, 1.165) is 23.1 Å². The summed E-state index contributed by atoms with van der Waals surface area (Å²) in [5, 5.41) is 17.4. The molecule has 0 spiro atoms. The SMILES string of the molecule is Cc1cc(Nc2nc(N[C@@H]3CCOC[C@@H]3N)nnc2C(N)=O)cc2ccsc12. The Balaban J connectivity index is 1.64. The third-order valence-corrected chi connectivity index (χ3v) is 5.70. The van der Waals surface area contributed by atoms with Crippen molar-refractivity contribution in [1.29, 1.82) is 0 Å². The number of nitrogens with two attached hydrogens (primary N) is 2. The Bertz CT molecular complexity index is 1020. The highest BCUT2D eigenvalue weighted by Gasteiger charge is 2.24. The van der Waals surface area contributed by atoms with Gasteiger partial charge >= 0.3 is 0 Å². The normalized spacial score (nSPS) is 19.5. The maximum atomic E-state index is 11.8. The second-order valence-corrected chi connectivity index (χ2v) is 7.65. The zero-order valence-electron chi connectivity index (χ0n) is 15.3. The highest BCUT2D eigenvalue weighted by molar-refractivity contribution is 7.17. The molecule has 0 radical (unpaired) electrons. The Morgan fingerprint density at radius 1 is 1.36 bits per heavy atom. The van der Waals surface area contributed by atoms with Crippen LogP contribution in [0.3, 0.4) is 0 Å². The maximum absolute atomic E-state index is 11.8. The summed E-state index contributed by atoms with van der Waals surface area (Å²) in [6.07, 6.45) is 0.735. The van der Waals surface area contributed by atoms with Gasteiger partial charge < -0.3 is 26.8 Å². The van der Waals surface area contributed by atoms with Crippen molar-refractivity contribution in [2.24, 2.45) is 11.5 Å². The number of carbonyl (C=O) groups is 1. The van der Waals surface area contributed by atoms with Crippen LogP contribution >= 0.6 is 11.3 Å². The summed E-state index contributed by atoms with van der Waals surface area (Å²) in [5.41, 5.74) is 13.4. The Kier molecular flexibility index (Phi) is 5.07. The van der Waals surface area contributed by atoms with E-state index in [4.69, 9.17) is 16.2 Å². The molecule has 28 heavy (non-hydrogen) atoms. The van der Waals surface area contributed by atoms with Crippen LogP contribution in [0.1, 0.15) is 22.5 Å².